The average Bonchev–Trinajstić information content (AvgIpc) is 3.15. The molecular weight excluding hydrogens is 273 g/mol. The van der Waals surface area contributed by atoms with Crippen molar-refractivity contribution >= 4 is 34.9 Å². The van der Waals surface area contributed by atoms with Crippen LogP contribution in [0.4, 0.5) is 5.69 Å². The number of esters is 1. The Morgan fingerprint density at radius 2 is 2.06 bits per heavy atom. The molecule has 1 aromatic rings. The average molecular weight is 288 g/mol. The molecule has 0 spiro atoms. The third-order valence-corrected chi connectivity index (χ3v) is 3.83. The van der Waals surface area contributed by atoms with Crippen LogP contribution in [0.1, 0.15) is 18.4 Å². The van der Waals surface area contributed by atoms with Crippen LogP contribution in [0.15, 0.2) is 12.1 Å². The summed E-state index contributed by atoms with van der Waals surface area (Å²) in [4.78, 5) is 11.7. The predicted octanol–water partition coefficient (Wildman–Crippen LogP) is 3.67. The first-order valence-electron chi connectivity index (χ1n) is 5.83. The molecule has 98 valence electrons. The summed E-state index contributed by atoms with van der Waals surface area (Å²) in [7, 11) is 1.39. The van der Waals surface area contributed by atoms with Gasteiger partial charge in [-0.15, -0.1) is 0 Å². The minimum atomic E-state index is -0.341. The molecule has 0 aromatic heterocycles. The first kappa shape index (κ1) is 13.5. The van der Waals surface area contributed by atoms with Crippen molar-refractivity contribution in [2.45, 2.75) is 25.8 Å². The maximum atomic E-state index is 11.7. The van der Waals surface area contributed by atoms with Crippen LogP contribution in [0.25, 0.3) is 0 Å². The second-order valence-electron chi connectivity index (χ2n) is 4.56. The zero-order valence-corrected chi connectivity index (χ0v) is 11.8. The summed E-state index contributed by atoms with van der Waals surface area (Å²) in [5.41, 5.74) is 1.59. The van der Waals surface area contributed by atoms with Crippen LogP contribution >= 0.6 is 23.2 Å². The molecule has 0 aliphatic heterocycles. The molecule has 0 radical (unpaired) electrons. The largest absolute Gasteiger partial charge is 0.467 e. The number of anilines is 1. The zero-order valence-electron chi connectivity index (χ0n) is 10.3. The third-order valence-electron chi connectivity index (χ3n) is 3.11. The fourth-order valence-corrected chi connectivity index (χ4v) is 2.29. The van der Waals surface area contributed by atoms with E-state index in [1.165, 1.54) is 7.11 Å². The van der Waals surface area contributed by atoms with Gasteiger partial charge in [0.2, 0.25) is 0 Å². The Morgan fingerprint density at radius 3 is 2.61 bits per heavy atom. The number of halogens is 2. The lowest BCUT2D eigenvalue weighted by atomic mass is 10.1. The minimum Gasteiger partial charge on any atom is -0.467 e. The smallest absolute Gasteiger partial charge is 0.328 e. The molecule has 1 aromatic carbocycles. The number of benzene rings is 1. The van der Waals surface area contributed by atoms with Crippen molar-refractivity contribution in [3.8, 4) is 0 Å². The lowest BCUT2D eigenvalue weighted by molar-refractivity contribution is -0.142. The second-order valence-corrected chi connectivity index (χ2v) is 5.38. The molecule has 1 fully saturated rings. The fraction of sp³-hybridized carbons (Fsp3) is 0.462. The van der Waals surface area contributed by atoms with Gasteiger partial charge in [-0.3, -0.25) is 0 Å². The summed E-state index contributed by atoms with van der Waals surface area (Å²) in [6.07, 6.45) is 2.06. The molecule has 1 atom stereocenters. The van der Waals surface area contributed by atoms with E-state index in [9.17, 15) is 4.79 Å². The summed E-state index contributed by atoms with van der Waals surface area (Å²) in [5.74, 6) is 0.0684. The number of carbonyl (C=O) groups is 1. The maximum Gasteiger partial charge on any atom is 0.328 e. The van der Waals surface area contributed by atoms with Gasteiger partial charge in [-0.05, 0) is 43.4 Å². The molecule has 2 rings (SSSR count). The molecule has 1 saturated carbocycles. The molecule has 5 heteroatoms. The highest BCUT2D eigenvalue weighted by molar-refractivity contribution is 6.35. The van der Waals surface area contributed by atoms with E-state index in [4.69, 9.17) is 27.9 Å². The normalized spacial score (nSPS) is 16.2. The molecule has 0 bridgehead atoms. The van der Waals surface area contributed by atoms with E-state index >= 15 is 0 Å². The number of hydrogen-bond acceptors (Lipinski definition) is 3. The van der Waals surface area contributed by atoms with Crippen molar-refractivity contribution in [1.29, 1.82) is 0 Å². The van der Waals surface area contributed by atoms with Crippen molar-refractivity contribution in [3.63, 3.8) is 0 Å². The van der Waals surface area contributed by atoms with Gasteiger partial charge in [0.05, 0.1) is 17.8 Å². The summed E-state index contributed by atoms with van der Waals surface area (Å²) in [6.45, 7) is 1.89. The van der Waals surface area contributed by atoms with Gasteiger partial charge in [-0.2, -0.15) is 0 Å². The van der Waals surface area contributed by atoms with E-state index in [0.717, 1.165) is 18.4 Å². The fourth-order valence-electron chi connectivity index (χ4n) is 1.85. The third kappa shape index (κ3) is 2.90. The molecule has 0 saturated heterocycles. The molecule has 1 N–H and O–H groups in total. The van der Waals surface area contributed by atoms with Gasteiger partial charge in [-0.1, -0.05) is 23.2 Å². The van der Waals surface area contributed by atoms with Crippen LogP contribution in [0.3, 0.4) is 0 Å². The summed E-state index contributed by atoms with van der Waals surface area (Å²) >= 11 is 12.2. The van der Waals surface area contributed by atoms with Crippen LogP contribution in [-0.4, -0.2) is 19.1 Å². The molecule has 1 aliphatic rings. The van der Waals surface area contributed by atoms with E-state index in [0.29, 0.717) is 21.7 Å². The van der Waals surface area contributed by atoms with Gasteiger partial charge in [0, 0.05) is 5.02 Å². The van der Waals surface area contributed by atoms with Gasteiger partial charge in [0.1, 0.15) is 6.04 Å². The molecule has 1 unspecified atom stereocenters. The van der Waals surface area contributed by atoms with Crippen molar-refractivity contribution in [2.24, 2.45) is 5.92 Å². The number of ether oxygens (including phenoxy) is 1. The first-order chi connectivity index (χ1) is 8.52. The number of aryl methyl sites for hydroxylation is 1. The van der Waals surface area contributed by atoms with Crippen molar-refractivity contribution in [1.82, 2.24) is 0 Å². The molecular formula is C13H15Cl2NO2. The number of methoxy groups -OCH3 is 1. The lowest BCUT2D eigenvalue weighted by Gasteiger charge is -2.18. The Labute approximate surface area is 116 Å². The quantitative estimate of drug-likeness (QED) is 0.859. The molecule has 0 amide bonds. The van der Waals surface area contributed by atoms with Crippen LogP contribution in [0, 0.1) is 12.8 Å². The van der Waals surface area contributed by atoms with Crippen LogP contribution in [0.2, 0.25) is 10.0 Å². The van der Waals surface area contributed by atoms with Crippen LogP contribution in [-0.2, 0) is 9.53 Å². The van der Waals surface area contributed by atoms with Crippen molar-refractivity contribution in [2.75, 3.05) is 12.4 Å². The van der Waals surface area contributed by atoms with E-state index < -0.39 is 0 Å². The zero-order chi connectivity index (χ0) is 13.3. The van der Waals surface area contributed by atoms with Gasteiger partial charge in [0.15, 0.2) is 0 Å². The summed E-state index contributed by atoms with van der Waals surface area (Å²) in [5, 5.41) is 4.32. The topological polar surface area (TPSA) is 38.3 Å². The highest BCUT2D eigenvalue weighted by atomic mass is 35.5. The Balaban J connectivity index is 2.21. The SMILES string of the molecule is COC(=O)C(Nc1cc(Cl)c(C)cc1Cl)C1CC1. The highest BCUT2D eigenvalue weighted by Crippen LogP contribution is 2.37. The van der Waals surface area contributed by atoms with E-state index in [1.54, 1.807) is 12.1 Å². The van der Waals surface area contributed by atoms with Crippen LogP contribution < -0.4 is 5.32 Å². The Bertz CT molecular complexity index is 472. The predicted molar refractivity (Wildman–Crippen MR) is 73.3 cm³/mol. The highest BCUT2D eigenvalue weighted by Gasteiger charge is 2.37. The second kappa shape index (κ2) is 5.37. The lowest BCUT2D eigenvalue weighted by Crippen LogP contribution is -2.32. The monoisotopic (exact) mass is 287 g/mol. The number of nitrogens with one attached hydrogen (secondary N) is 1. The van der Waals surface area contributed by atoms with Gasteiger partial charge in [0.25, 0.3) is 0 Å². The molecule has 18 heavy (non-hydrogen) atoms. The Kier molecular flexibility index (Phi) is 4.03. The van der Waals surface area contributed by atoms with E-state index in [2.05, 4.69) is 5.32 Å². The first-order valence-corrected chi connectivity index (χ1v) is 6.58. The van der Waals surface area contributed by atoms with Gasteiger partial charge >= 0.3 is 5.97 Å². The number of hydrogen-bond donors (Lipinski definition) is 1. The van der Waals surface area contributed by atoms with E-state index in [-0.39, 0.29) is 12.0 Å². The summed E-state index contributed by atoms with van der Waals surface area (Å²) < 4.78 is 4.80. The van der Waals surface area contributed by atoms with Crippen LogP contribution in [0.5, 0.6) is 0 Å². The maximum absolute atomic E-state index is 11.7. The number of rotatable bonds is 4. The molecule has 0 heterocycles. The van der Waals surface area contributed by atoms with Gasteiger partial charge in [-0.25, -0.2) is 4.79 Å². The van der Waals surface area contributed by atoms with Crippen molar-refractivity contribution < 1.29 is 9.53 Å². The Hall–Kier alpha value is -0.930. The minimum absolute atomic E-state index is 0.259. The standard InChI is InChI=1S/C13H15Cl2NO2/c1-7-5-10(15)11(6-9(7)14)16-12(8-3-4-8)13(17)18-2/h5-6,8,12,16H,3-4H2,1-2H3. The molecule has 3 nitrogen and oxygen atoms in total. The van der Waals surface area contributed by atoms with E-state index in [1.807, 2.05) is 6.92 Å². The van der Waals surface area contributed by atoms with Crippen molar-refractivity contribution in [3.05, 3.63) is 27.7 Å². The summed E-state index contributed by atoms with van der Waals surface area (Å²) in [6, 6.07) is 3.19. The van der Waals surface area contributed by atoms with Gasteiger partial charge < -0.3 is 10.1 Å². The molecule has 1 aliphatic carbocycles. The number of carbonyl (C=O) groups excluding carboxylic acids is 1. The Morgan fingerprint density at radius 1 is 1.39 bits per heavy atom.